The molecule has 1 aromatic carbocycles. The molecule has 0 radical (unpaired) electrons. The summed E-state index contributed by atoms with van der Waals surface area (Å²) in [6, 6.07) is 5.21. The maximum atomic E-state index is 10.9. The number of nitrogens with zero attached hydrogens (tertiary/aromatic N) is 1. The first kappa shape index (κ1) is 13.4. The Kier molecular flexibility index (Phi) is 4.67. The van der Waals surface area contributed by atoms with Crippen molar-refractivity contribution in [3.05, 3.63) is 37.4 Å². The van der Waals surface area contributed by atoms with Gasteiger partial charge in [0, 0.05) is 21.2 Å². The van der Waals surface area contributed by atoms with Crippen LogP contribution in [0.1, 0.15) is 19.4 Å². The molecule has 0 aromatic heterocycles. The van der Waals surface area contributed by atoms with Crippen LogP contribution in [0.15, 0.2) is 18.2 Å². The lowest BCUT2D eigenvalue weighted by Gasteiger charge is -2.15. The van der Waals surface area contributed by atoms with Gasteiger partial charge in [0.25, 0.3) is 5.69 Å². The largest absolute Gasteiger partial charge is 0.327 e. The minimum Gasteiger partial charge on any atom is -0.327 e. The standard InChI is InChI=1S/C11H15IN2O2/c1-7(2)10(13)5-8-3-4-9(12)6-11(8)14(15)16/h3-4,6-7,10H,5,13H2,1-2H3. The summed E-state index contributed by atoms with van der Waals surface area (Å²) in [7, 11) is 0. The van der Waals surface area contributed by atoms with E-state index in [0.717, 1.165) is 3.57 Å². The SMILES string of the molecule is CC(C)C(N)Cc1ccc(I)cc1[N+](=O)[O-]. The van der Waals surface area contributed by atoms with E-state index >= 15 is 0 Å². The third-order valence-corrected chi connectivity index (χ3v) is 3.23. The topological polar surface area (TPSA) is 69.2 Å². The Labute approximate surface area is 109 Å². The van der Waals surface area contributed by atoms with Gasteiger partial charge in [0.2, 0.25) is 0 Å². The number of halogens is 1. The van der Waals surface area contributed by atoms with Crippen LogP contribution in [0.4, 0.5) is 5.69 Å². The fourth-order valence-corrected chi connectivity index (χ4v) is 1.84. The first-order valence-electron chi connectivity index (χ1n) is 5.10. The van der Waals surface area contributed by atoms with E-state index in [2.05, 4.69) is 22.6 Å². The quantitative estimate of drug-likeness (QED) is 0.523. The van der Waals surface area contributed by atoms with Crippen molar-refractivity contribution in [1.82, 2.24) is 0 Å². The molecule has 0 aliphatic rings. The number of benzene rings is 1. The zero-order valence-electron chi connectivity index (χ0n) is 9.31. The van der Waals surface area contributed by atoms with Gasteiger partial charge < -0.3 is 5.73 Å². The molecule has 0 saturated heterocycles. The first-order valence-corrected chi connectivity index (χ1v) is 6.18. The Morgan fingerprint density at radius 1 is 1.50 bits per heavy atom. The zero-order valence-corrected chi connectivity index (χ0v) is 11.5. The molecule has 0 bridgehead atoms. The van der Waals surface area contributed by atoms with Gasteiger partial charge in [-0.15, -0.1) is 0 Å². The normalized spacial score (nSPS) is 12.8. The van der Waals surface area contributed by atoms with Gasteiger partial charge in [-0.05, 0) is 41.0 Å². The van der Waals surface area contributed by atoms with Crippen LogP contribution in [0.2, 0.25) is 0 Å². The van der Waals surface area contributed by atoms with Crippen molar-refractivity contribution in [2.24, 2.45) is 11.7 Å². The van der Waals surface area contributed by atoms with Crippen LogP contribution in [-0.2, 0) is 6.42 Å². The highest BCUT2D eigenvalue weighted by Crippen LogP contribution is 2.23. The number of nitrogens with two attached hydrogens (primary N) is 1. The lowest BCUT2D eigenvalue weighted by atomic mass is 9.96. The molecule has 0 aliphatic carbocycles. The summed E-state index contributed by atoms with van der Waals surface area (Å²) in [5.41, 5.74) is 6.82. The highest BCUT2D eigenvalue weighted by Gasteiger charge is 2.17. The number of nitro groups is 1. The van der Waals surface area contributed by atoms with Crippen molar-refractivity contribution < 1.29 is 4.92 Å². The second-order valence-electron chi connectivity index (χ2n) is 4.14. The maximum Gasteiger partial charge on any atom is 0.273 e. The van der Waals surface area contributed by atoms with Crippen molar-refractivity contribution >= 4 is 28.3 Å². The van der Waals surface area contributed by atoms with E-state index in [1.807, 2.05) is 19.9 Å². The summed E-state index contributed by atoms with van der Waals surface area (Å²) in [6.45, 7) is 4.03. The molecular formula is C11H15IN2O2. The predicted octanol–water partition coefficient (Wildman–Crippen LogP) is 2.73. The van der Waals surface area contributed by atoms with E-state index in [9.17, 15) is 10.1 Å². The molecule has 1 aromatic rings. The third kappa shape index (κ3) is 3.41. The molecule has 0 heterocycles. The average molecular weight is 334 g/mol. The molecule has 0 fully saturated rings. The Morgan fingerprint density at radius 2 is 2.12 bits per heavy atom. The molecule has 4 nitrogen and oxygen atoms in total. The van der Waals surface area contributed by atoms with Gasteiger partial charge in [-0.1, -0.05) is 19.9 Å². The van der Waals surface area contributed by atoms with Crippen molar-refractivity contribution in [3.63, 3.8) is 0 Å². The highest BCUT2D eigenvalue weighted by atomic mass is 127. The van der Waals surface area contributed by atoms with E-state index < -0.39 is 0 Å². The van der Waals surface area contributed by atoms with Gasteiger partial charge in [-0.2, -0.15) is 0 Å². The van der Waals surface area contributed by atoms with E-state index in [-0.39, 0.29) is 16.7 Å². The van der Waals surface area contributed by atoms with Gasteiger partial charge in [0.1, 0.15) is 0 Å². The summed E-state index contributed by atoms with van der Waals surface area (Å²) in [4.78, 5) is 10.5. The molecule has 0 aliphatic heterocycles. The molecule has 5 heteroatoms. The van der Waals surface area contributed by atoms with E-state index in [1.54, 1.807) is 12.1 Å². The van der Waals surface area contributed by atoms with Crippen molar-refractivity contribution in [2.45, 2.75) is 26.3 Å². The van der Waals surface area contributed by atoms with Crippen LogP contribution < -0.4 is 5.73 Å². The van der Waals surface area contributed by atoms with Crippen LogP contribution in [-0.4, -0.2) is 11.0 Å². The summed E-state index contributed by atoms with van der Waals surface area (Å²) in [5.74, 6) is 0.318. The molecule has 2 N–H and O–H groups in total. The molecule has 0 amide bonds. The average Bonchev–Trinajstić information content (AvgIpc) is 2.20. The second kappa shape index (κ2) is 5.58. The Bertz CT molecular complexity index is 394. The molecule has 1 atom stereocenters. The minimum absolute atomic E-state index is 0.0428. The van der Waals surface area contributed by atoms with Crippen molar-refractivity contribution in [3.8, 4) is 0 Å². The van der Waals surface area contributed by atoms with Crippen LogP contribution in [0.3, 0.4) is 0 Å². The van der Waals surface area contributed by atoms with Crippen LogP contribution in [0, 0.1) is 19.6 Å². The Balaban J connectivity index is 2.99. The predicted molar refractivity (Wildman–Crippen MR) is 72.3 cm³/mol. The summed E-state index contributed by atoms with van der Waals surface area (Å²) < 4.78 is 0.867. The number of hydrogen-bond acceptors (Lipinski definition) is 3. The summed E-state index contributed by atoms with van der Waals surface area (Å²) in [6.07, 6.45) is 0.547. The van der Waals surface area contributed by atoms with Gasteiger partial charge in [-0.3, -0.25) is 10.1 Å². The summed E-state index contributed by atoms with van der Waals surface area (Å²) >= 11 is 2.07. The third-order valence-electron chi connectivity index (χ3n) is 2.56. The Hall–Kier alpha value is -0.690. The highest BCUT2D eigenvalue weighted by molar-refractivity contribution is 14.1. The van der Waals surface area contributed by atoms with Crippen molar-refractivity contribution in [2.75, 3.05) is 0 Å². The fraction of sp³-hybridized carbons (Fsp3) is 0.455. The van der Waals surface area contributed by atoms with E-state index in [0.29, 0.717) is 17.9 Å². The van der Waals surface area contributed by atoms with Crippen molar-refractivity contribution in [1.29, 1.82) is 0 Å². The Morgan fingerprint density at radius 3 is 2.62 bits per heavy atom. The molecule has 16 heavy (non-hydrogen) atoms. The molecule has 0 saturated carbocycles. The first-order chi connectivity index (χ1) is 7.41. The van der Waals surface area contributed by atoms with Gasteiger partial charge in [0.15, 0.2) is 0 Å². The molecule has 1 rings (SSSR count). The number of rotatable bonds is 4. The van der Waals surface area contributed by atoms with Crippen LogP contribution in [0.25, 0.3) is 0 Å². The van der Waals surface area contributed by atoms with E-state index in [1.165, 1.54) is 0 Å². The number of hydrogen-bond donors (Lipinski definition) is 1. The van der Waals surface area contributed by atoms with Crippen LogP contribution >= 0.6 is 22.6 Å². The zero-order chi connectivity index (χ0) is 12.3. The lowest BCUT2D eigenvalue weighted by molar-refractivity contribution is -0.385. The van der Waals surface area contributed by atoms with Gasteiger partial charge in [-0.25, -0.2) is 0 Å². The van der Waals surface area contributed by atoms with Crippen LogP contribution in [0.5, 0.6) is 0 Å². The minimum atomic E-state index is -0.343. The monoisotopic (exact) mass is 334 g/mol. The van der Waals surface area contributed by atoms with Gasteiger partial charge >= 0.3 is 0 Å². The van der Waals surface area contributed by atoms with Gasteiger partial charge in [0.05, 0.1) is 4.92 Å². The summed E-state index contributed by atoms with van der Waals surface area (Å²) in [5, 5.41) is 10.9. The second-order valence-corrected chi connectivity index (χ2v) is 5.39. The number of nitro benzene ring substituents is 1. The molecule has 0 spiro atoms. The maximum absolute atomic E-state index is 10.9. The fourth-order valence-electron chi connectivity index (χ4n) is 1.37. The molecule has 1 unspecified atom stereocenters. The smallest absolute Gasteiger partial charge is 0.273 e. The molecular weight excluding hydrogens is 319 g/mol. The molecule has 88 valence electrons. The van der Waals surface area contributed by atoms with E-state index in [4.69, 9.17) is 5.73 Å². The lowest BCUT2D eigenvalue weighted by Crippen LogP contribution is -2.29.